The summed E-state index contributed by atoms with van der Waals surface area (Å²) in [7, 11) is -1.85. The Kier molecular flexibility index (Phi) is 3.45. The van der Waals surface area contributed by atoms with E-state index >= 15 is 0 Å². The van der Waals surface area contributed by atoms with Gasteiger partial charge in [0.2, 0.25) is 10.0 Å². The van der Waals surface area contributed by atoms with E-state index in [1.54, 1.807) is 0 Å². The van der Waals surface area contributed by atoms with Gasteiger partial charge in [-0.3, -0.25) is 14.4 Å². The molecule has 2 heterocycles. The second-order valence-electron chi connectivity index (χ2n) is 4.14. The molecule has 0 aliphatic carbocycles. The minimum Gasteiger partial charge on any atom is -0.477 e. The lowest BCUT2D eigenvalue weighted by Crippen LogP contribution is -2.10. The molecular formula is C11H12N4O4S. The van der Waals surface area contributed by atoms with E-state index in [-0.39, 0.29) is 5.69 Å². The van der Waals surface area contributed by atoms with E-state index in [2.05, 4.69) is 14.8 Å². The molecule has 8 nitrogen and oxygen atoms in total. The van der Waals surface area contributed by atoms with Crippen molar-refractivity contribution in [3.63, 3.8) is 0 Å². The molecule has 0 fully saturated rings. The molecule has 0 saturated heterocycles. The van der Waals surface area contributed by atoms with Crippen LogP contribution in [0.1, 0.15) is 10.5 Å². The maximum Gasteiger partial charge on any atom is 0.354 e. The van der Waals surface area contributed by atoms with Crippen molar-refractivity contribution in [3.8, 4) is 11.3 Å². The van der Waals surface area contributed by atoms with E-state index in [1.165, 1.54) is 36.3 Å². The Bertz CT molecular complexity index is 749. The van der Waals surface area contributed by atoms with Crippen molar-refractivity contribution in [2.24, 2.45) is 7.05 Å². The summed E-state index contributed by atoms with van der Waals surface area (Å²) in [5, 5.41) is 13.0. The monoisotopic (exact) mass is 296 g/mol. The van der Waals surface area contributed by atoms with Crippen molar-refractivity contribution in [1.29, 1.82) is 0 Å². The maximum atomic E-state index is 11.2. The topological polar surface area (TPSA) is 114 Å². The molecule has 0 aliphatic rings. The highest BCUT2D eigenvalue weighted by molar-refractivity contribution is 7.92. The number of hydrogen-bond acceptors (Lipinski definition) is 5. The Hall–Kier alpha value is -2.42. The summed E-state index contributed by atoms with van der Waals surface area (Å²) in [4.78, 5) is 15.2. The Morgan fingerprint density at radius 2 is 2.05 bits per heavy atom. The van der Waals surface area contributed by atoms with Gasteiger partial charge >= 0.3 is 5.97 Å². The van der Waals surface area contributed by atoms with Crippen molar-refractivity contribution in [2.75, 3.05) is 11.0 Å². The van der Waals surface area contributed by atoms with E-state index in [9.17, 15) is 13.2 Å². The van der Waals surface area contributed by atoms with Gasteiger partial charge in [0, 0.05) is 7.05 Å². The summed E-state index contributed by atoms with van der Waals surface area (Å²) >= 11 is 0. The van der Waals surface area contributed by atoms with Crippen LogP contribution in [0.5, 0.6) is 0 Å². The summed E-state index contributed by atoms with van der Waals surface area (Å²) < 4.78 is 25.7. The van der Waals surface area contributed by atoms with Crippen LogP contribution in [0.15, 0.2) is 24.5 Å². The number of nitrogens with one attached hydrogen (secondary N) is 1. The number of sulfonamides is 1. The Labute approximate surface area is 115 Å². The molecule has 0 atom stereocenters. The molecule has 2 aromatic rings. The fraction of sp³-hybridized carbons (Fsp3) is 0.182. The van der Waals surface area contributed by atoms with Gasteiger partial charge < -0.3 is 5.11 Å². The molecule has 0 saturated carbocycles. The standard InChI is InChI=1S/C11H12N4O4S/c1-15-10(11(16)17)8(6-13-15)9-4-3-7(5-12-9)14-20(2,18)19/h3-6,14H,1-2H3,(H,16,17). The van der Waals surface area contributed by atoms with Gasteiger partial charge in [-0.05, 0) is 12.1 Å². The van der Waals surface area contributed by atoms with Gasteiger partial charge in [-0.2, -0.15) is 5.10 Å². The number of hydrogen-bond donors (Lipinski definition) is 2. The van der Waals surface area contributed by atoms with Crippen LogP contribution in [-0.4, -0.2) is 40.5 Å². The summed E-state index contributed by atoms with van der Waals surface area (Å²) in [5.74, 6) is -1.11. The van der Waals surface area contributed by atoms with Gasteiger partial charge in [-0.15, -0.1) is 0 Å². The third kappa shape index (κ3) is 2.94. The quantitative estimate of drug-likeness (QED) is 0.851. The molecular weight excluding hydrogens is 284 g/mol. The van der Waals surface area contributed by atoms with Crippen LogP contribution in [0.2, 0.25) is 0 Å². The van der Waals surface area contributed by atoms with E-state index < -0.39 is 16.0 Å². The molecule has 106 valence electrons. The predicted molar refractivity (Wildman–Crippen MR) is 71.9 cm³/mol. The zero-order valence-electron chi connectivity index (χ0n) is 10.7. The number of rotatable bonds is 4. The Morgan fingerprint density at radius 3 is 2.55 bits per heavy atom. The molecule has 2 rings (SSSR count). The zero-order chi connectivity index (χ0) is 14.9. The smallest absolute Gasteiger partial charge is 0.354 e. The van der Waals surface area contributed by atoms with Crippen LogP contribution >= 0.6 is 0 Å². The van der Waals surface area contributed by atoms with Crippen LogP contribution in [-0.2, 0) is 17.1 Å². The third-order valence-corrected chi connectivity index (χ3v) is 3.09. The second kappa shape index (κ2) is 4.93. The number of aryl methyl sites for hydroxylation is 1. The lowest BCUT2D eigenvalue weighted by molar-refractivity contribution is 0.0686. The van der Waals surface area contributed by atoms with Gasteiger partial charge in [-0.1, -0.05) is 0 Å². The van der Waals surface area contributed by atoms with Gasteiger partial charge in [0.25, 0.3) is 0 Å². The SMILES string of the molecule is Cn1ncc(-c2ccc(NS(C)(=O)=O)cn2)c1C(=O)O. The maximum absolute atomic E-state index is 11.2. The average Bonchev–Trinajstić information content (AvgIpc) is 2.70. The van der Waals surface area contributed by atoms with Gasteiger partial charge in [0.1, 0.15) is 0 Å². The molecule has 0 aliphatic heterocycles. The second-order valence-corrected chi connectivity index (χ2v) is 5.89. The van der Waals surface area contributed by atoms with Crippen LogP contribution in [0.4, 0.5) is 5.69 Å². The first-order valence-corrected chi connectivity index (χ1v) is 7.36. The molecule has 0 radical (unpaired) electrons. The minimum atomic E-state index is -3.37. The number of carboxylic acid groups (broad SMARTS) is 1. The highest BCUT2D eigenvalue weighted by Gasteiger charge is 2.18. The van der Waals surface area contributed by atoms with E-state index in [4.69, 9.17) is 5.11 Å². The number of aromatic carboxylic acids is 1. The molecule has 2 aromatic heterocycles. The van der Waals surface area contributed by atoms with Crippen LogP contribution in [0.25, 0.3) is 11.3 Å². The van der Waals surface area contributed by atoms with Crippen molar-refractivity contribution in [1.82, 2.24) is 14.8 Å². The minimum absolute atomic E-state index is 0.0151. The number of aromatic nitrogens is 3. The summed E-state index contributed by atoms with van der Waals surface area (Å²) in [6.45, 7) is 0. The molecule has 0 unspecified atom stereocenters. The van der Waals surface area contributed by atoms with E-state index in [0.29, 0.717) is 16.9 Å². The van der Waals surface area contributed by atoms with E-state index in [0.717, 1.165) is 6.26 Å². The third-order valence-electron chi connectivity index (χ3n) is 2.48. The number of nitrogens with zero attached hydrogens (tertiary/aromatic N) is 3. The number of anilines is 1. The highest BCUT2D eigenvalue weighted by atomic mass is 32.2. The largest absolute Gasteiger partial charge is 0.477 e. The summed E-state index contributed by atoms with van der Waals surface area (Å²) in [6.07, 6.45) is 3.75. The molecule has 20 heavy (non-hydrogen) atoms. The van der Waals surface area contributed by atoms with E-state index in [1.807, 2.05) is 0 Å². The van der Waals surface area contributed by atoms with Crippen LogP contribution in [0, 0.1) is 0 Å². The van der Waals surface area contributed by atoms with Crippen LogP contribution < -0.4 is 4.72 Å². The highest BCUT2D eigenvalue weighted by Crippen LogP contribution is 2.22. The first-order chi connectivity index (χ1) is 9.28. The van der Waals surface area contributed by atoms with Gasteiger partial charge in [-0.25, -0.2) is 13.2 Å². The summed E-state index contributed by atoms with van der Waals surface area (Å²) in [6, 6.07) is 3.03. The lowest BCUT2D eigenvalue weighted by atomic mass is 10.1. The van der Waals surface area contributed by atoms with Crippen LogP contribution in [0.3, 0.4) is 0 Å². The Morgan fingerprint density at radius 1 is 1.35 bits per heavy atom. The van der Waals surface area contributed by atoms with Gasteiger partial charge in [0.05, 0.1) is 35.6 Å². The normalized spacial score (nSPS) is 11.3. The molecule has 0 spiro atoms. The predicted octanol–water partition coefficient (Wildman–Crippen LogP) is 0.552. The molecule has 0 aromatic carbocycles. The first kappa shape index (κ1) is 14.0. The number of carbonyl (C=O) groups is 1. The van der Waals surface area contributed by atoms with Crippen molar-refractivity contribution >= 4 is 21.7 Å². The first-order valence-electron chi connectivity index (χ1n) is 5.47. The molecule has 0 bridgehead atoms. The summed E-state index contributed by atoms with van der Waals surface area (Å²) in [5.41, 5.74) is 1.08. The molecule has 2 N–H and O–H groups in total. The van der Waals surface area contributed by atoms with Gasteiger partial charge in [0.15, 0.2) is 5.69 Å². The number of pyridine rings is 1. The number of carboxylic acids is 1. The fourth-order valence-corrected chi connectivity index (χ4v) is 2.26. The Balaban J connectivity index is 2.38. The zero-order valence-corrected chi connectivity index (χ0v) is 11.5. The molecule has 0 amide bonds. The lowest BCUT2D eigenvalue weighted by Gasteiger charge is -2.05. The average molecular weight is 296 g/mol. The van der Waals surface area contributed by atoms with Crippen molar-refractivity contribution < 1.29 is 18.3 Å². The van der Waals surface area contributed by atoms with Crippen molar-refractivity contribution in [2.45, 2.75) is 0 Å². The molecule has 9 heteroatoms. The van der Waals surface area contributed by atoms with Crippen molar-refractivity contribution in [3.05, 3.63) is 30.2 Å². The fourth-order valence-electron chi connectivity index (χ4n) is 1.71.